The van der Waals surface area contributed by atoms with Crippen LogP contribution >= 0.6 is 0 Å². The molecule has 0 atom stereocenters. The monoisotopic (exact) mass is 280 g/mol. The summed E-state index contributed by atoms with van der Waals surface area (Å²) in [6.07, 6.45) is 0. The van der Waals surface area contributed by atoms with Gasteiger partial charge in [-0.15, -0.1) is 0 Å². The van der Waals surface area contributed by atoms with Crippen molar-refractivity contribution in [1.29, 1.82) is 0 Å². The first kappa shape index (κ1) is 13.4. The first-order valence-electron chi connectivity index (χ1n) is 5.39. The van der Waals surface area contributed by atoms with Crippen LogP contribution in [0.5, 0.6) is 17.2 Å². The largest absolute Gasteiger partial charge is 0.497 e. The Hall–Kier alpha value is -2.05. The standard InChI is InChI=1S/C13H12O5S/c1-17-10-6-8-11(9-7-10)18-12-4-2-3-5-13(12)19(14,15)16/h2-9H,1H3,(H,14,15,16). The summed E-state index contributed by atoms with van der Waals surface area (Å²) >= 11 is 0. The molecule has 0 spiro atoms. The van der Waals surface area contributed by atoms with Crippen molar-refractivity contribution in [3.05, 3.63) is 48.5 Å². The summed E-state index contributed by atoms with van der Waals surface area (Å²) in [6.45, 7) is 0. The van der Waals surface area contributed by atoms with E-state index in [4.69, 9.17) is 14.0 Å². The Morgan fingerprint density at radius 1 is 0.947 bits per heavy atom. The van der Waals surface area contributed by atoms with Gasteiger partial charge >= 0.3 is 0 Å². The lowest BCUT2D eigenvalue weighted by Gasteiger charge is -2.09. The van der Waals surface area contributed by atoms with Crippen LogP contribution in [0.1, 0.15) is 0 Å². The first-order valence-corrected chi connectivity index (χ1v) is 6.83. The normalized spacial score (nSPS) is 11.1. The van der Waals surface area contributed by atoms with Crippen LogP contribution in [0.4, 0.5) is 0 Å². The van der Waals surface area contributed by atoms with E-state index in [0.717, 1.165) is 0 Å². The minimum atomic E-state index is -4.32. The van der Waals surface area contributed by atoms with E-state index in [1.54, 1.807) is 37.4 Å². The molecule has 6 heteroatoms. The van der Waals surface area contributed by atoms with Gasteiger partial charge in [0.05, 0.1) is 7.11 Å². The smallest absolute Gasteiger partial charge is 0.298 e. The summed E-state index contributed by atoms with van der Waals surface area (Å²) in [4.78, 5) is -0.272. The van der Waals surface area contributed by atoms with Crippen molar-refractivity contribution in [1.82, 2.24) is 0 Å². The van der Waals surface area contributed by atoms with Gasteiger partial charge in [-0.05, 0) is 36.4 Å². The van der Waals surface area contributed by atoms with Gasteiger partial charge < -0.3 is 9.47 Å². The Labute approximate surface area is 111 Å². The lowest BCUT2D eigenvalue weighted by molar-refractivity contribution is 0.412. The molecule has 100 valence electrons. The summed E-state index contributed by atoms with van der Waals surface area (Å²) in [5.41, 5.74) is 0. The third-order valence-electron chi connectivity index (χ3n) is 2.41. The zero-order valence-corrected chi connectivity index (χ0v) is 10.9. The van der Waals surface area contributed by atoms with Gasteiger partial charge in [0, 0.05) is 0 Å². The summed E-state index contributed by atoms with van der Waals surface area (Å²) in [5.74, 6) is 1.17. The highest BCUT2D eigenvalue weighted by Gasteiger charge is 2.16. The quantitative estimate of drug-likeness (QED) is 0.872. The van der Waals surface area contributed by atoms with Gasteiger partial charge in [-0.3, -0.25) is 4.55 Å². The predicted octanol–water partition coefficient (Wildman–Crippen LogP) is 2.73. The van der Waals surface area contributed by atoms with E-state index in [-0.39, 0.29) is 10.6 Å². The van der Waals surface area contributed by atoms with E-state index in [0.29, 0.717) is 11.5 Å². The number of rotatable bonds is 4. The van der Waals surface area contributed by atoms with Gasteiger partial charge in [0.25, 0.3) is 10.1 Å². The number of methoxy groups -OCH3 is 1. The van der Waals surface area contributed by atoms with Gasteiger partial charge in [-0.1, -0.05) is 12.1 Å². The van der Waals surface area contributed by atoms with Crippen LogP contribution in [0.2, 0.25) is 0 Å². The molecule has 0 fully saturated rings. The van der Waals surface area contributed by atoms with E-state index in [2.05, 4.69) is 0 Å². The van der Waals surface area contributed by atoms with Crippen molar-refractivity contribution in [2.75, 3.05) is 7.11 Å². The van der Waals surface area contributed by atoms with Crippen molar-refractivity contribution in [2.45, 2.75) is 4.90 Å². The Morgan fingerprint density at radius 3 is 2.11 bits per heavy atom. The van der Waals surface area contributed by atoms with Crippen LogP contribution in [0.3, 0.4) is 0 Å². The van der Waals surface area contributed by atoms with Crippen LogP contribution in [-0.2, 0) is 10.1 Å². The maximum atomic E-state index is 11.2. The number of hydrogen-bond acceptors (Lipinski definition) is 4. The van der Waals surface area contributed by atoms with Crippen LogP contribution in [-0.4, -0.2) is 20.1 Å². The summed E-state index contributed by atoms with van der Waals surface area (Å²) in [7, 11) is -2.77. The molecule has 19 heavy (non-hydrogen) atoms. The second-order valence-electron chi connectivity index (χ2n) is 3.70. The van der Waals surface area contributed by atoms with Crippen LogP contribution < -0.4 is 9.47 Å². The summed E-state index contributed by atoms with van der Waals surface area (Å²) in [5, 5.41) is 0. The zero-order valence-electron chi connectivity index (χ0n) is 10.1. The highest BCUT2D eigenvalue weighted by atomic mass is 32.2. The Bertz CT molecular complexity index is 662. The maximum Gasteiger partial charge on any atom is 0.298 e. The summed E-state index contributed by atoms with van der Waals surface area (Å²) in [6, 6.07) is 12.5. The fourth-order valence-electron chi connectivity index (χ4n) is 1.52. The molecule has 1 N–H and O–H groups in total. The molecule has 0 amide bonds. The lowest BCUT2D eigenvalue weighted by Crippen LogP contribution is -2.00. The van der Waals surface area contributed by atoms with Crippen LogP contribution in [0.15, 0.2) is 53.4 Å². The predicted molar refractivity (Wildman–Crippen MR) is 69.3 cm³/mol. The van der Waals surface area contributed by atoms with E-state index >= 15 is 0 Å². The number of ether oxygens (including phenoxy) is 2. The summed E-state index contributed by atoms with van der Waals surface area (Å²) < 4.78 is 41.9. The van der Waals surface area contributed by atoms with Crippen molar-refractivity contribution >= 4 is 10.1 Å². The zero-order chi connectivity index (χ0) is 13.9. The van der Waals surface area contributed by atoms with Gasteiger partial charge in [0.2, 0.25) is 0 Å². The van der Waals surface area contributed by atoms with Crippen molar-refractivity contribution in [3.63, 3.8) is 0 Å². The molecular formula is C13H12O5S. The van der Waals surface area contributed by atoms with E-state index in [1.807, 2.05) is 0 Å². The molecule has 0 unspecified atom stereocenters. The number of para-hydroxylation sites is 1. The molecule has 0 bridgehead atoms. The van der Waals surface area contributed by atoms with Gasteiger partial charge in [0.1, 0.15) is 22.1 Å². The van der Waals surface area contributed by atoms with Crippen molar-refractivity contribution in [3.8, 4) is 17.2 Å². The van der Waals surface area contributed by atoms with Crippen molar-refractivity contribution in [2.24, 2.45) is 0 Å². The maximum absolute atomic E-state index is 11.2. The minimum absolute atomic E-state index is 0.0650. The Morgan fingerprint density at radius 2 is 1.53 bits per heavy atom. The highest BCUT2D eigenvalue weighted by molar-refractivity contribution is 7.86. The minimum Gasteiger partial charge on any atom is -0.497 e. The Kier molecular flexibility index (Phi) is 3.73. The third-order valence-corrected chi connectivity index (χ3v) is 3.31. The number of hydrogen-bond donors (Lipinski definition) is 1. The average molecular weight is 280 g/mol. The molecular weight excluding hydrogens is 268 g/mol. The van der Waals surface area contributed by atoms with E-state index in [9.17, 15) is 8.42 Å². The van der Waals surface area contributed by atoms with Gasteiger partial charge in [0.15, 0.2) is 0 Å². The SMILES string of the molecule is COc1ccc(Oc2ccccc2S(=O)(=O)O)cc1. The first-order chi connectivity index (χ1) is 9.00. The number of benzene rings is 2. The lowest BCUT2D eigenvalue weighted by atomic mass is 10.3. The fourth-order valence-corrected chi connectivity index (χ4v) is 2.13. The molecule has 0 radical (unpaired) electrons. The molecule has 0 aliphatic carbocycles. The molecule has 0 saturated heterocycles. The van der Waals surface area contributed by atoms with E-state index < -0.39 is 10.1 Å². The highest BCUT2D eigenvalue weighted by Crippen LogP contribution is 2.29. The van der Waals surface area contributed by atoms with Gasteiger partial charge in [-0.25, -0.2) is 0 Å². The topological polar surface area (TPSA) is 72.8 Å². The molecule has 0 aliphatic rings. The average Bonchev–Trinajstić information content (AvgIpc) is 2.39. The Balaban J connectivity index is 2.33. The molecule has 2 aromatic rings. The van der Waals surface area contributed by atoms with Crippen molar-refractivity contribution < 1.29 is 22.4 Å². The van der Waals surface area contributed by atoms with Gasteiger partial charge in [-0.2, -0.15) is 8.42 Å². The molecule has 0 heterocycles. The van der Waals surface area contributed by atoms with Crippen LogP contribution in [0.25, 0.3) is 0 Å². The molecule has 2 aromatic carbocycles. The molecule has 0 aromatic heterocycles. The molecule has 2 rings (SSSR count). The molecule has 5 nitrogen and oxygen atoms in total. The second kappa shape index (κ2) is 5.29. The van der Waals surface area contributed by atoms with E-state index in [1.165, 1.54) is 18.2 Å². The molecule has 0 aliphatic heterocycles. The fraction of sp³-hybridized carbons (Fsp3) is 0.0769. The third kappa shape index (κ3) is 3.24. The second-order valence-corrected chi connectivity index (χ2v) is 5.09. The molecule has 0 saturated carbocycles. The van der Waals surface area contributed by atoms with Crippen LogP contribution in [0, 0.1) is 0 Å².